The highest BCUT2D eigenvalue weighted by atomic mass is 35.5. The summed E-state index contributed by atoms with van der Waals surface area (Å²) in [6.07, 6.45) is -0.446. The van der Waals surface area contributed by atoms with Crippen molar-refractivity contribution in [2.75, 3.05) is 6.54 Å². The van der Waals surface area contributed by atoms with Crippen molar-refractivity contribution in [3.8, 4) is 0 Å². The van der Waals surface area contributed by atoms with Gasteiger partial charge in [0.25, 0.3) is 0 Å². The van der Waals surface area contributed by atoms with Crippen LogP contribution in [0.15, 0.2) is 18.2 Å². The van der Waals surface area contributed by atoms with Gasteiger partial charge < -0.3 is 15.4 Å². The molecule has 0 aromatic heterocycles. The molecule has 1 amide bonds. The van der Waals surface area contributed by atoms with Gasteiger partial charge in [-0.3, -0.25) is 0 Å². The summed E-state index contributed by atoms with van der Waals surface area (Å²) in [6.45, 7) is 10.4. The molecular formula is C17H26ClFN2O2. The summed E-state index contributed by atoms with van der Waals surface area (Å²) in [7, 11) is 0. The molecule has 0 spiro atoms. The number of halogens is 2. The zero-order valence-corrected chi connectivity index (χ0v) is 15.1. The van der Waals surface area contributed by atoms with Gasteiger partial charge in [-0.05, 0) is 50.5 Å². The van der Waals surface area contributed by atoms with Gasteiger partial charge in [0.1, 0.15) is 11.4 Å². The average Bonchev–Trinajstić information content (AvgIpc) is 2.34. The predicted octanol–water partition coefficient (Wildman–Crippen LogP) is 4.12. The van der Waals surface area contributed by atoms with E-state index < -0.39 is 11.7 Å². The van der Waals surface area contributed by atoms with Crippen molar-refractivity contribution in [1.29, 1.82) is 0 Å². The number of hydrogen-bond acceptors (Lipinski definition) is 3. The number of rotatable bonds is 6. The van der Waals surface area contributed by atoms with Crippen molar-refractivity contribution in [1.82, 2.24) is 10.6 Å². The highest BCUT2D eigenvalue weighted by molar-refractivity contribution is 6.30. The monoisotopic (exact) mass is 344 g/mol. The number of ether oxygens (including phenoxy) is 1. The SMILES string of the molecule is CC(C)C(CNC(=O)OC(C)(C)C)NCc1cc(F)cc(Cl)c1. The van der Waals surface area contributed by atoms with Crippen LogP contribution >= 0.6 is 11.6 Å². The Morgan fingerprint density at radius 1 is 1.30 bits per heavy atom. The Morgan fingerprint density at radius 2 is 1.96 bits per heavy atom. The standard InChI is InChI=1S/C17H26ClFN2O2/c1-11(2)15(10-21-16(22)23-17(3,4)5)20-9-12-6-13(18)8-14(19)7-12/h6-8,11,15,20H,9-10H2,1-5H3,(H,21,22). The predicted molar refractivity (Wildman–Crippen MR) is 91.1 cm³/mol. The van der Waals surface area contributed by atoms with E-state index in [2.05, 4.69) is 10.6 Å². The number of nitrogens with one attached hydrogen (secondary N) is 2. The van der Waals surface area contributed by atoms with Crippen molar-refractivity contribution >= 4 is 17.7 Å². The van der Waals surface area contributed by atoms with Crippen molar-refractivity contribution in [3.05, 3.63) is 34.6 Å². The van der Waals surface area contributed by atoms with Crippen LogP contribution in [-0.4, -0.2) is 24.3 Å². The molecule has 1 aromatic rings. The van der Waals surface area contributed by atoms with Gasteiger partial charge in [0.05, 0.1) is 0 Å². The fraction of sp³-hybridized carbons (Fsp3) is 0.588. The summed E-state index contributed by atoms with van der Waals surface area (Å²) in [5.74, 6) is -0.0729. The lowest BCUT2D eigenvalue weighted by atomic mass is 10.0. The first-order chi connectivity index (χ1) is 10.6. The maximum atomic E-state index is 13.3. The fourth-order valence-electron chi connectivity index (χ4n) is 2.01. The van der Waals surface area contributed by atoms with Crippen LogP contribution in [-0.2, 0) is 11.3 Å². The molecule has 0 saturated heterocycles. The van der Waals surface area contributed by atoms with E-state index in [1.165, 1.54) is 12.1 Å². The van der Waals surface area contributed by atoms with E-state index >= 15 is 0 Å². The molecule has 0 bridgehead atoms. The number of benzene rings is 1. The highest BCUT2D eigenvalue weighted by Crippen LogP contribution is 2.14. The van der Waals surface area contributed by atoms with Crippen LogP contribution in [0.1, 0.15) is 40.2 Å². The molecule has 1 atom stereocenters. The third-order valence-corrected chi connectivity index (χ3v) is 3.38. The molecule has 1 unspecified atom stereocenters. The molecule has 0 aliphatic rings. The minimum Gasteiger partial charge on any atom is -0.444 e. The summed E-state index contributed by atoms with van der Waals surface area (Å²) in [4.78, 5) is 11.7. The summed E-state index contributed by atoms with van der Waals surface area (Å²) >= 11 is 5.85. The van der Waals surface area contributed by atoms with Crippen LogP contribution in [0.3, 0.4) is 0 Å². The Balaban J connectivity index is 2.54. The van der Waals surface area contributed by atoms with Crippen LogP contribution in [0, 0.1) is 11.7 Å². The van der Waals surface area contributed by atoms with Crippen LogP contribution in [0.25, 0.3) is 0 Å². The third kappa shape index (κ3) is 8.18. The number of amides is 1. The van der Waals surface area contributed by atoms with Gasteiger partial charge in [0.2, 0.25) is 0 Å². The van der Waals surface area contributed by atoms with E-state index in [-0.39, 0.29) is 17.8 Å². The molecule has 0 radical (unpaired) electrons. The molecule has 0 aliphatic carbocycles. The first-order valence-corrected chi connectivity index (χ1v) is 8.10. The minimum atomic E-state index is -0.525. The van der Waals surface area contributed by atoms with Crippen molar-refractivity contribution in [2.24, 2.45) is 5.92 Å². The number of carbonyl (C=O) groups excluding carboxylic acids is 1. The number of alkyl carbamates (subject to hydrolysis) is 1. The summed E-state index contributed by atoms with van der Waals surface area (Å²) < 4.78 is 18.6. The van der Waals surface area contributed by atoms with Gasteiger partial charge >= 0.3 is 6.09 Å². The largest absolute Gasteiger partial charge is 0.444 e. The lowest BCUT2D eigenvalue weighted by Gasteiger charge is -2.25. The van der Waals surface area contributed by atoms with Crippen LogP contribution in [0.5, 0.6) is 0 Å². The summed E-state index contributed by atoms with van der Waals surface area (Å²) in [6, 6.07) is 4.47. The fourth-order valence-corrected chi connectivity index (χ4v) is 2.26. The first kappa shape index (κ1) is 19.7. The smallest absolute Gasteiger partial charge is 0.407 e. The van der Waals surface area contributed by atoms with Gasteiger partial charge in [0, 0.05) is 24.2 Å². The second kappa shape index (κ2) is 8.50. The summed E-state index contributed by atoms with van der Waals surface area (Å²) in [5.41, 5.74) is 0.237. The van der Waals surface area contributed by atoms with Gasteiger partial charge in [-0.25, -0.2) is 9.18 Å². The normalized spacial score (nSPS) is 13.0. The zero-order chi connectivity index (χ0) is 17.6. The van der Waals surface area contributed by atoms with Crippen molar-refractivity contribution in [2.45, 2.75) is 52.8 Å². The van der Waals surface area contributed by atoms with Gasteiger partial charge in [-0.1, -0.05) is 25.4 Å². The van der Waals surface area contributed by atoms with E-state index in [0.29, 0.717) is 18.1 Å². The maximum Gasteiger partial charge on any atom is 0.407 e. The second-order valence-electron chi connectivity index (χ2n) is 6.89. The lowest BCUT2D eigenvalue weighted by molar-refractivity contribution is 0.0519. The van der Waals surface area contributed by atoms with Crippen molar-refractivity contribution < 1.29 is 13.9 Å². The van der Waals surface area contributed by atoms with Gasteiger partial charge in [0.15, 0.2) is 0 Å². The van der Waals surface area contributed by atoms with E-state index in [1.807, 2.05) is 34.6 Å². The molecule has 4 nitrogen and oxygen atoms in total. The van der Waals surface area contributed by atoms with E-state index in [4.69, 9.17) is 16.3 Å². The maximum absolute atomic E-state index is 13.3. The van der Waals surface area contributed by atoms with Crippen LogP contribution in [0.2, 0.25) is 5.02 Å². The first-order valence-electron chi connectivity index (χ1n) is 7.72. The van der Waals surface area contributed by atoms with E-state index in [1.54, 1.807) is 6.07 Å². The van der Waals surface area contributed by atoms with Crippen molar-refractivity contribution in [3.63, 3.8) is 0 Å². The highest BCUT2D eigenvalue weighted by Gasteiger charge is 2.19. The molecule has 0 saturated carbocycles. The molecule has 6 heteroatoms. The molecule has 0 fully saturated rings. The average molecular weight is 345 g/mol. The van der Waals surface area contributed by atoms with E-state index in [0.717, 1.165) is 5.56 Å². The minimum absolute atomic E-state index is 0.0320. The zero-order valence-electron chi connectivity index (χ0n) is 14.4. The number of hydrogen-bond donors (Lipinski definition) is 2. The molecule has 1 rings (SSSR count). The Labute approximate surface area is 142 Å². The Bertz CT molecular complexity index is 510. The van der Waals surface area contributed by atoms with Gasteiger partial charge in [-0.2, -0.15) is 0 Å². The molecule has 0 aliphatic heterocycles. The topological polar surface area (TPSA) is 50.4 Å². The summed E-state index contributed by atoms with van der Waals surface area (Å²) in [5, 5.41) is 6.44. The molecule has 1 aromatic carbocycles. The number of carbonyl (C=O) groups is 1. The molecule has 23 heavy (non-hydrogen) atoms. The molecule has 0 heterocycles. The molecule has 130 valence electrons. The van der Waals surface area contributed by atoms with Crippen LogP contribution in [0.4, 0.5) is 9.18 Å². The van der Waals surface area contributed by atoms with Gasteiger partial charge in [-0.15, -0.1) is 0 Å². The molecule has 2 N–H and O–H groups in total. The Hall–Kier alpha value is -1.33. The Kier molecular flexibility index (Phi) is 7.29. The third-order valence-electron chi connectivity index (χ3n) is 3.16. The van der Waals surface area contributed by atoms with Crippen LogP contribution < -0.4 is 10.6 Å². The molecular weight excluding hydrogens is 319 g/mol. The lowest BCUT2D eigenvalue weighted by Crippen LogP contribution is -2.45. The van der Waals surface area contributed by atoms with E-state index in [9.17, 15) is 9.18 Å². The quantitative estimate of drug-likeness (QED) is 0.816. The Morgan fingerprint density at radius 3 is 2.48 bits per heavy atom. The second-order valence-corrected chi connectivity index (χ2v) is 7.33.